The lowest BCUT2D eigenvalue weighted by atomic mass is 10.2. The van der Waals surface area contributed by atoms with Gasteiger partial charge in [0, 0.05) is 13.1 Å². The first-order chi connectivity index (χ1) is 8.47. The fourth-order valence-electron chi connectivity index (χ4n) is 1.72. The molecule has 0 atom stereocenters. The molecule has 0 heterocycles. The number of benzene rings is 1. The molecule has 0 saturated heterocycles. The fourth-order valence-corrected chi connectivity index (χ4v) is 3.25. The number of rotatable bonds is 6. The van der Waals surface area contributed by atoms with Gasteiger partial charge in [-0.25, -0.2) is 8.42 Å². The average molecular weight is 273 g/mol. The average Bonchev–Trinajstić information content (AvgIpc) is 2.35. The number of ether oxygens (including phenoxy) is 1. The lowest BCUT2D eigenvalue weighted by Crippen LogP contribution is -2.33. The molecular formula is C12H19NO4S. The first-order valence-corrected chi connectivity index (χ1v) is 7.17. The van der Waals surface area contributed by atoms with E-state index in [1.807, 2.05) is 0 Å². The van der Waals surface area contributed by atoms with Crippen LogP contribution in [0, 0.1) is 6.92 Å². The molecule has 1 rings (SSSR count). The summed E-state index contributed by atoms with van der Waals surface area (Å²) < 4.78 is 30.9. The topological polar surface area (TPSA) is 66.8 Å². The van der Waals surface area contributed by atoms with E-state index in [2.05, 4.69) is 0 Å². The number of aliphatic hydroxyl groups excluding tert-OH is 1. The summed E-state index contributed by atoms with van der Waals surface area (Å²) in [5.41, 5.74) is 0.763. The second kappa shape index (κ2) is 6.17. The maximum Gasteiger partial charge on any atom is 0.243 e. The van der Waals surface area contributed by atoms with Crippen molar-refractivity contribution in [2.45, 2.75) is 18.7 Å². The summed E-state index contributed by atoms with van der Waals surface area (Å²) in [6, 6.07) is 4.73. The van der Waals surface area contributed by atoms with Crippen molar-refractivity contribution in [3.05, 3.63) is 23.8 Å². The first-order valence-electron chi connectivity index (χ1n) is 5.73. The third-order valence-corrected chi connectivity index (χ3v) is 4.68. The highest BCUT2D eigenvalue weighted by atomic mass is 32.2. The minimum absolute atomic E-state index is 0.101. The van der Waals surface area contributed by atoms with E-state index in [1.165, 1.54) is 10.4 Å². The van der Waals surface area contributed by atoms with E-state index < -0.39 is 10.0 Å². The van der Waals surface area contributed by atoms with Gasteiger partial charge in [-0.05, 0) is 30.7 Å². The molecule has 0 amide bonds. The van der Waals surface area contributed by atoms with Gasteiger partial charge in [0.2, 0.25) is 10.0 Å². The van der Waals surface area contributed by atoms with Crippen molar-refractivity contribution < 1.29 is 18.3 Å². The second-order valence-corrected chi connectivity index (χ2v) is 5.79. The van der Waals surface area contributed by atoms with Crippen molar-refractivity contribution >= 4 is 10.0 Å². The zero-order valence-corrected chi connectivity index (χ0v) is 11.7. The molecule has 0 bridgehead atoms. The zero-order valence-electron chi connectivity index (χ0n) is 10.9. The molecule has 18 heavy (non-hydrogen) atoms. The number of aryl methyl sites for hydroxylation is 1. The normalized spacial score (nSPS) is 11.8. The third-order valence-electron chi connectivity index (χ3n) is 2.71. The monoisotopic (exact) mass is 273 g/mol. The molecule has 102 valence electrons. The van der Waals surface area contributed by atoms with Crippen LogP contribution in [-0.4, -0.2) is 44.6 Å². The lowest BCUT2D eigenvalue weighted by molar-refractivity contribution is 0.257. The Balaban J connectivity index is 3.15. The first kappa shape index (κ1) is 14.9. The molecule has 6 heteroatoms. The lowest BCUT2D eigenvalue weighted by Gasteiger charge is -2.19. The molecule has 0 unspecified atom stereocenters. The predicted molar refractivity (Wildman–Crippen MR) is 69.2 cm³/mol. The quantitative estimate of drug-likeness (QED) is 0.840. The van der Waals surface area contributed by atoms with Gasteiger partial charge in [-0.1, -0.05) is 6.92 Å². The van der Waals surface area contributed by atoms with Crippen LogP contribution in [0.3, 0.4) is 0 Å². The maximum atomic E-state index is 12.3. The van der Waals surface area contributed by atoms with Crippen LogP contribution >= 0.6 is 0 Å². The molecule has 1 aromatic carbocycles. The number of hydrogen-bond donors (Lipinski definition) is 1. The number of nitrogens with zero attached hydrogens (tertiary/aromatic N) is 1. The van der Waals surface area contributed by atoms with Crippen LogP contribution in [0.25, 0.3) is 0 Å². The molecule has 5 nitrogen and oxygen atoms in total. The highest BCUT2D eigenvalue weighted by molar-refractivity contribution is 7.89. The smallest absolute Gasteiger partial charge is 0.243 e. The Hall–Kier alpha value is -1.11. The summed E-state index contributed by atoms with van der Waals surface area (Å²) in [6.07, 6.45) is 0. The Kier molecular flexibility index (Phi) is 5.13. The van der Waals surface area contributed by atoms with Gasteiger partial charge in [0.1, 0.15) is 5.75 Å². The van der Waals surface area contributed by atoms with Crippen LogP contribution < -0.4 is 4.74 Å². The van der Waals surface area contributed by atoms with Gasteiger partial charge in [-0.2, -0.15) is 4.31 Å². The fraction of sp³-hybridized carbons (Fsp3) is 0.500. The Morgan fingerprint density at radius 1 is 1.39 bits per heavy atom. The Morgan fingerprint density at radius 2 is 2.06 bits per heavy atom. The highest BCUT2D eigenvalue weighted by Gasteiger charge is 2.23. The van der Waals surface area contributed by atoms with Gasteiger partial charge in [-0.15, -0.1) is 0 Å². The SMILES string of the molecule is CCN(CCO)S(=O)(=O)c1ccc(OC)c(C)c1. The Morgan fingerprint density at radius 3 is 2.50 bits per heavy atom. The summed E-state index contributed by atoms with van der Waals surface area (Å²) in [7, 11) is -2.00. The van der Waals surface area contributed by atoms with Crippen molar-refractivity contribution in [3.63, 3.8) is 0 Å². The van der Waals surface area contributed by atoms with Crippen LogP contribution in [0.5, 0.6) is 5.75 Å². The molecule has 0 saturated carbocycles. The summed E-state index contributed by atoms with van der Waals surface area (Å²) in [4.78, 5) is 0.219. The molecule has 0 fully saturated rings. The van der Waals surface area contributed by atoms with E-state index >= 15 is 0 Å². The maximum absolute atomic E-state index is 12.3. The zero-order chi connectivity index (χ0) is 13.8. The van der Waals surface area contributed by atoms with Crippen molar-refractivity contribution in [1.82, 2.24) is 4.31 Å². The molecule has 0 aliphatic heterocycles. The molecule has 0 spiro atoms. The molecule has 0 aliphatic rings. The van der Waals surface area contributed by atoms with Gasteiger partial charge in [0.15, 0.2) is 0 Å². The van der Waals surface area contributed by atoms with Crippen molar-refractivity contribution in [1.29, 1.82) is 0 Å². The van der Waals surface area contributed by atoms with E-state index in [-0.39, 0.29) is 18.0 Å². The Labute approximate surface area is 108 Å². The largest absolute Gasteiger partial charge is 0.496 e. The van der Waals surface area contributed by atoms with Crippen LogP contribution in [0.1, 0.15) is 12.5 Å². The van der Waals surface area contributed by atoms with E-state index in [0.717, 1.165) is 5.56 Å². The highest BCUT2D eigenvalue weighted by Crippen LogP contribution is 2.23. The van der Waals surface area contributed by atoms with Crippen LogP contribution in [0.4, 0.5) is 0 Å². The summed E-state index contributed by atoms with van der Waals surface area (Å²) in [5, 5.41) is 8.89. The van der Waals surface area contributed by atoms with Gasteiger partial charge >= 0.3 is 0 Å². The second-order valence-electron chi connectivity index (χ2n) is 3.85. The van der Waals surface area contributed by atoms with Gasteiger partial charge in [0.05, 0.1) is 18.6 Å². The van der Waals surface area contributed by atoms with Crippen LogP contribution in [-0.2, 0) is 10.0 Å². The van der Waals surface area contributed by atoms with E-state index in [1.54, 1.807) is 33.1 Å². The number of aliphatic hydroxyl groups is 1. The van der Waals surface area contributed by atoms with Gasteiger partial charge in [-0.3, -0.25) is 0 Å². The van der Waals surface area contributed by atoms with Crippen molar-refractivity contribution in [3.8, 4) is 5.75 Å². The molecule has 0 radical (unpaired) electrons. The number of methoxy groups -OCH3 is 1. The Bertz CT molecular complexity index is 499. The van der Waals surface area contributed by atoms with E-state index in [9.17, 15) is 8.42 Å². The molecule has 0 aliphatic carbocycles. The minimum Gasteiger partial charge on any atom is -0.496 e. The van der Waals surface area contributed by atoms with Crippen molar-refractivity contribution in [2.24, 2.45) is 0 Å². The number of sulfonamides is 1. The van der Waals surface area contributed by atoms with E-state index in [0.29, 0.717) is 12.3 Å². The van der Waals surface area contributed by atoms with Crippen molar-refractivity contribution in [2.75, 3.05) is 26.8 Å². The summed E-state index contributed by atoms with van der Waals surface area (Å²) in [5.74, 6) is 0.652. The van der Waals surface area contributed by atoms with Crippen LogP contribution in [0.2, 0.25) is 0 Å². The number of hydrogen-bond acceptors (Lipinski definition) is 4. The molecule has 1 aromatic rings. The summed E-state index contributed by atoms with van der Waals surface area (Å²) >= 11 is 0. The molecule has 1 N–H and O–H groups in total. The van der Waals surface area contributed by atoms with Gasteiger partial charge < -0.3 is 9.84 Å². The standard InChI is InChI=1S/C12H19NO4S/c1-4-13(7-8-14)18(15,16)11-5-6-12(17-3)10(2)9-11/h5-6,9,14H,4,7-8H2,1-3H3. The van der Waals surface area contributed by atoms with Gasteiger partial charge in [0.25, 0.3) is 0 Å². The number of likely N-dealkylation sites (N-methyl/N-ethyl adjacent to an activating group) is 1. The predicted octanol–water partition coefficient (Wildman–Crippen LogP) is 1.01. The minimum atomic E-state index is -3.54. The molecular weight excluding hydrogens is 254 g/mol. The summed E-state index contributed by atoms with van der Waals surface area (Å²) in [6.45, 7) is 3.77. The third kappa shape index (κ3) is 3.01. The van der Waals surface area contributed by atoms with E-state index in [4.69, 9.17) is 9.84 Å². The van der Waals surface area contributed by atoms with Crippen LogP contribution in [0.15, 0.2) is 23.1 Å². The molecule has 0 aromatic heterocycles.